The molecule has 0 radical (unpaired) electrons. The van der Waals surface area contributed by atoms with Crippen LogP contribution in [0.3, 0.4) is 0 Å². The summed E-state index contributed by atoms with van der Waals surface area (Å²) in [5, 5.41) is 0. The number of hydrogen-bond donors (Lipinski definition) is 0. The zero-order valence-electron chi connectivity index (χ0n) is 5.85. The van der Waals surface area contributed by atoms with Crippen LogP contribution in [-0.2, 0) is 0 Å². The van der Waals surface area contributed by atoms with E-state index in [2.05, 4.69) is 19.7 Å². The zero-order valence-corrected chi connectivity index (χ0v) is 5.85. The fourth-order valence-electron chi connectivity index (χ4n) is 0.511. The summed E-state index contributed by atoms with van der Waals surface area (Å²) in [6.45, 7) is 12.9. The molecule has 0 N–H and O–H groups in total. The molecule has 0 heteroatoms. The highest BCUT2D eigenvalue weighted by Gasteiger charge is 1.86. The molecule has 0 rings (SSSR count). The van der Waals surface area contributed by atoms with Crippen molar-refractivity contribution < 1.29 is 0 Å². The first-order valence-electron chi connectivity index (χ1n) is 2.83. The van der Waals surface area contributed by atoms with Crippen molar-refractivity contribution in [3.05, 3.63) is 49.1 Å². The minimum Gasteiger partial charge on any atom is -0.0990 e. The van der Waals surface area contributed by atoms with Crippen LogP contribution < -0.4 is 0 Å². The molecule has 0 aromatic rings. The van der Waals surface area contributed by atoms with Gasteiger partial charge >= 0.3 is 0 Å². The fraction of sp³-hybridized carbons (Fsp3) is 0.111. The topological polar surface area (TPSA) is 0 Å². The minimum atomic E-state index is 1.02. The highest BCUT2D eigenvalue weighted by molar-refractivity contribution is 5.37. The van der Waals surface area contributed by atoms with Gasteiger partial charge in [-0.3, -0.25) is 0 Å². The Morgan fingerprint density at radius 3 is 2.00 bits per heavy atom. The quantitative estimate of drug-likeness (QED) is 0.502. The summed E-state index contributed by atoms with van der Waals surface area (Å²) < 4.78 is 0. The van der Waals surface area contributed by atoms with Gasteiger partial charge < -0.3 is 0 Å². The molecule has 0 aromatic heterocycles. The summed E-state index contributed by atoms with van der Waals surface area (Å²) >= 11 is 0. The number of rotatable bonds is 3. The first-order chi connectivity index (χ1) is 4.22. The molecule has 0 aliphatic rings. The molecule has 0 aliphatic carbocycles. The first-order valence-corrected chi connectivity index (χ1v) is 2.83. The van der Waals surface area contributed by atoms with E-state index >= 15 is 0 Å². The van der Waals surface area contributed by atoms with E-state index in [1.807, 2.05) is 13.0 Å². The Labute approximate surface area is 56.9 Å². The van der Waals surface area contributed by atoms with Crippen molar-refractivity contribution in [1.82, 2.24) is 0 Å². The summed E-state index contributed by atoms with van der Waals surface area (Å²) in [5.41, 5.74) is 2.06. The lowest BCUT2D eigenvalue weighted by atomic mass is 10.1. The van der Waals surface area contributed by atoms with Crippen molar-refractivity contribution in [2.75, 3.05) is 0 Å². The third kappa shape index (κ3) is 2.70. The monoisotopic (exact) mass is 120 g/mol. The van der Waals surface area contributed by atoms with E-state index in [9.17, 15) is 0 Å². The zero-order chi connectivity index (χ0) is 7.28. The first kappa shape index (κ1) is 7.96. The highest BCUT2D eigenvalue weighted by Crippen LogP contribution is 2.06. The van der Waals surface area contributed by atoms with E-state index in [1.165, 1.54) is 0 Å². The lowest BCUT2D eigenvalue weighted by Gasteiger charge is -1.95. The average molecular weight is 120 g/mol. The summed E-state index contributed by atoms with van der Waals surface area (Å²) in [6.07, 6.45) is 5.38. The normalized spacial score (nSPS) is 10.6. The average Bonchev–Trinajstić information content (AvgIpc) is 1.82. The van der Waals surface area contributed by atoms with Gasteiger partial charge in [0, 0.05) is 0 Å². The molecule has 0 amide bonds. The van der Waals surface area contributed by atoms with Crippen LogP contribution in [0.15, 0.2) is 49.1 Å². The Balaban J connectivity index is 4.32. The summed E-state index contributed by atoms with van der Waals surface area (Å²) in [6, 6.07) is 0. The van der Waals surface area contributed by atoms with Gasteiger partial charge in [-0.05, 0) is 12.5 Å². The molecule has 9 heavy (non-hydrogen) atoms. The molecule has 0 heterocycles. The van der Waals surface area contributed by atoms with Crippen LogP contribution in [0.1, 0.15) is 6.92 Å². The van der Waals surface area contributed by atoms with Crippen LogP contribution >= 0.6 is 0 Å². The third-order valence-corrected chi connectivity index (χ3v) is 1.01. The van der Waals surface area contributed by atoms with Crippen LogP contribution in [0.4, 0.5) is 0 Å². The van der Waals surface area contributed by atoms with Crippen molar-refractivity contribution in [2.45, 2.75) is 6.92 Å². The minimum absolute atomic E-state index is 1.02. The molecule has 0 bridgehead atoms. The Bertz CT molecular complexity index is 159. The van der Waals surface area contributed by atoms with E-state index in [0.29, 0.717) is 0 Å². The SMILES string of the molecule is C=C/C=C(\C=C)C(=C)C. The summed E-state index contributed by atoms with van der Waals surface area (Å²) in [7, 11) is 0. The third-order valence-electron chi connectivity index (χ3n) is 1.01. The molecule has 0 saturated heterocycles. The standard InChI is InChI=1S/C9H12/c1-5-7-9(6-2)8(3)4/h5-7H,1-3H2,4H3/b9-7+. The van der Waals surface area contributed by atoms with Gasteiger partial charge in [0.25, 0.3) is 0 Å². The summed E-state index contributed by atoms with van der Waals surface area (Å²) in [5.74, 6) is 0. The number of hydrogen-bond acceptors (Lipinski definition) is 0. The van der Waals surface area contributed by atoms with Crippen LogP contribution in [-0.4, -0.2) is 0 Å². The van der Waals surface area contributed by atoms with E-state index in [0.717, 1.165) is 11.1 Å². The van der Waals surface area contributed by atoms with Crippen LogP contribution in [0.2, 0.25) is 0 Å². The maximum Gasteiger partial charge on any atom is -0.0239 e. The maximum atomic E-state index is 3.76. The molecule has 48 valence electrons. The van der Waals surface area contributed by atoms with Gasteiger partial charge in [0.2, 0.25) is 0 Å². The lowest BCUT2D eigenvalue weighted by Crippen LogP contribution is -1.74. The van der Waals surface area contributed by atoms with Gasteiger partial charge in [0.15, 0.2) is 0 Å². The maximum absolute atomic E-state index is 3.76. The predicted molar refractivity (Wildman–Crippen MR) is 43.3 cm³/mol. The molecule has 0 aromatic carbocycles. The Morgan fingerprint density at radius 1 is 1.33 bits per heavy atom. The van der Waals surface area contributed by atoms with E-state index in [1.54, 1.807) is 12.2 Å². The summed E-state index contributed by atoms with van der Waals surface area (Å²) in [4.78, 5) is 0. The largest absolute Gasteiger partial charge is 0.0990 e. The van der Waals surface area contributed by atoms with Gasteiger partial charge in [-0.1, -0.05) is 43.5 Å². The highest BCUT2D eigenvalue weighted by atomic mass is 13.9. The van der Waals surface area contributed by atoms with Crippen LogP contribution in [0, 0.1) is 0 Å². The molecular weight excluding hydrogens is 108 g/mol. The van der Waals surface area contributed by atoms with Crippen molar-refractivity contribution in [1.29, 1.82) is 0 Å². The van der Waals surface area contributed by atoms with Crippen LogP contribution in [0.5, 0.6) is 0 Å². The fourth-order valence-corrected chi connectivity index (χ4v) is 0.511. The molecule has 0 aliphatic heterocycles. The number of allylic oxidation sites excluding steroid dienone is 5. The van der Waals surface area contributed by atoms with E-state index in [4.69, 9.17) is 0 Å². The van der Waals surface area contributed by atoms with Gasteiger partial charge in [0.05, 0.1) is 0 Å². The molecule has 0 atom stereocenters. The molecule has 0 fully saturated rings. The molecular formula is C9H12. The predicted octanol–water partition coefficient (Wildman–Crippen LogP) is 2.86. The second-order valence-corrected chi connectivity index (χ2v) is 1.84. The van der Waals surface area contributed by atoms with Gasteiger partial charge in [-0.2, -0.15) is 0 Å². The van der Waals surface area contributed by atoms with Crippen molar-refractivity contribution in [2.24, 2.45) is 0 Å². The Kier molecular flexibility index (Phi) is 3.45. The molecule has 0 saturated carbocycles. The van der Waals surface area contributed by atoms with Crippen LogP contribution in [0.25, 0.3) is 0 Å². The smallest absolute Gasteiger partial charge is 0.0239 e. The molecule has 0 spiro atoms. The Morgan fingerprint density at radius 2 is 1.89 bits per heavy atom. The molecule has 0 nitrogen and oxygen atoms in total. The molecule has 0 unspecified atom stereocenters. The second-order valence-electron chi connectivity index (χ2n) is 1.84. The second kappa shape index (κ2) is 3.90. The van der Waals surface area contributed by atoms with Gasteiger partial charge in [-0.15, -0.1) is 0 Å². The van der Waals surface area contributed by atoms with E-state index < -0.39 is 0 Å². The van der Waals surface area contributed by atoms with Crippen molar-refractivity contribution >= 4 is 0 Å². The Hall–Kier alpha value is -1.04. The van der Waals surface area contributed by atoms with E-state index in [-0.39, 0.29) is 0 Å². The van der Waals surface area contributed by atoms with Crippen molar-refractivity contribution in [3.8, 4) is 0 Å². The van der Waals surface area contributed by atoms with Gasteiger partial charge in [-0.25, -0.2) is 0 Å². The van der Waals surface area contributed by atoms with Crippen molar-refractivity contribution in [3.63, 3.8) is 0 Å². The lowest BCUT2D eigenvalue weighted by molar-refractivity contribution is 1.46. The van der Waals surface area contributed by atoms with Gasteiger partial charge in [0.1, 0.15) is 0 Å².